The number of methoxy groups -OCH3 is 1. The number of hydrogen-bond donors (Lipinski definition) is 1. The Morgan fingerprint density at radius 1 is 1.50 bits per heavy atom. The van der Waals surface area contributed by atoms with Crippen molar-refractivity contribution in [3.05, 3.63) is 29.8 Å². The van der Waals surface area contributed by atoms with Crippen LogP contribution in [0.3, 0.4) is 0 Å². The van der Waals surface area contributed by atoms with Crippen molar-refractivity contribution >= 4 is 17.5 Å². The maximum atomic E-state index is 10.3. The molecule has 3 nitrogen and oxygen atoms in total. The number of hydrogen-bond acceptors (Lipinski definition) is 3. The highest BCUT2D eigenvalue weighted by atomic mass is 16.5. The van der Waals surface area contributed by atoms with Gasteiger partial charge in [-0.25, -0.2) is 0 Å². The molecule has 0 bridgehead atoms. The van der Waals surface area contributed by atoms with Crippen LogP contribution in [-0.4, -0.2) is 13.4 Å². The molecule has 0 aromatic heterocycles. The summed E-state index contributed by atoms with van der Waals surface area (Å²) in [5.41, 5.74) is 7.99. The second kappa shape index (κ2) is 4.46. The fraction of sp³-hybridized carbons (Fsp3) is 0.182. The number of aldehydes is 1. The normalized spacial score (nSPS) is 11.1. The lowest BCUT2D eigenvalue weighted by Crippen LogP contribution is -1.93. The van der Waals surface area contributed by atoms with Gasteiger partial charge in [-0.15, -0.1) is 0 Å². The van der Waals surface area contributed by atoms with Crippen LogP contribution in [0.5, 0.6) is 5.75 Å². The molecule has 0 aliphatic rings. The largest absolute Gasteiger partial charge is 0.496 e. The topological polar surface area (TPSA) is 52.3 Å². The smallest absolute Gasteiger partial charge is 0.143 e. The Morgan fingerprint density at radius 3 is 2.79 bits per heavy atom. The average Bonchev–Trinajstić information content (AvgIpc) is 2.17. The van der Waals surface area contributed by atoms with Crippen molar-refractivity contribution in [2.75, 3.05) is 12.8 Å². The number of nitrogen functional groups attached to an aromatic ring is 1. The Bertz CT molecular complexity index is 370. The predicted octanol–water partition coefficient (Wildman–Crippen LogP) is 1.88. The third-order valence-corrected chi connectivity index (χ3v) is 1.97. The summed E-state index contributed by atoms with van der Waals surface area (Å²) in [6.45, 7) is 1.85. The summed E-state index contributed by atoms with van der Waals surface area (Å²) in [5, 5.41) is 0. The van der Waals surface area contributed by atoms with E-state index in [0.29, 0.717) is 11.4 Å². The van der Waals surface area contributed by atoms with Crippen LogP contribution in [0.2, 0.25) is 0 Å². The zero-order valence-electron chi connectivity index (χ0n) is 8.28. The van der Waals surface area contributed by atoms with Crippen LogP contribution in [0, 0.1) is 0 Å². The van der Waals surface area contributed by atoms with E-state index in [-0.39, 0.29) is 0 Å². The molecule has 1 aromatic rings. The van der Waals surface area contributed by atoms with Crippen molar-refractivity contribution in [2.24, 2.45) is 0 Å². The van der Waals surface area contributed by atoms with E-state index in [1.165, 1.54) is 6.08 Å². The Kier molecular flexibility index (Phi) is 3.29. The Morgan fingerprint density at radius 2 is 2.21 bits per heavy atom. The third-order valence-electron chi connectivity index (χ3n) is 1.97. The van der Waals surface area contributed by atoms with Crippen LogP contribution >= 0.6 is 0 Å². The van der Waals surface area contributed by atoms with Crippen LogP contribution in [0.1, 0.15) is 12.5 Å². The van der Waals surface area contributed by atoms with E-state index >= 15 is 0 Å². The first-order chi connectivity index (χ1) is 6.69. The molecular formula is C11H13NO2. The number of anilines is 1. The number of nitrogens with two attached hydrogens (primary N) is 1. The molecule has 0 saturated heterocycles. The number of carbonyl (C=O) groups excluding carboxylic acids is 1. The molecule has 0 aliphatic heterocycles. The first-order valence-corrected chi connectivity index (χ1v) is 4.25. The maximum Gasteiger partial charge on any atom is 0.143 e. The molecular weight excluding hydrogens is 178 g/mol. The molecule has 0 unspecified atom stereocenters. The number of ether oxygens (including phenoxy) is 1. The second-order valence-corrected chi connectivity index (χ2v) is 2.95. The van der Waals surface area contributed by atoms with Gasteiger partial charge >= 0.3 is 0 Å². The summed E-state index contributed by atoms with van der Waals surface area (Å²) in [6, 6.07) is 5.35. The predicted molar refractivity (Wildman–Crippen MR) is 57.1 cm³/mol. The quantitative estimate of drug-likeness (QED) is 0.451. The van der Waals surface area contributed by atoms with Crippen LogP contribution in [-0.2, 0) is 4.79 Å². The van der Waals surface area contributed by atoms with Gasteiger partial charge < -0.3 is 10.5 Å². The molecule has 0 saturated carbocycles. The SMILES string of the molecule is COc1cc(N)ccc1/C(C)=C\C=O. The molecule has 0 aliphatic carbocycles. The first kappa shape index (κ1) is 10.3. The number of carbonyl (C=O) groups is 1. The van der Waals surface area contributed by atoms with Crippen molar-refractivity contribution in [1.29, 1.82) is 0 Å². The van der Waals surface area contributed by atoms with Crippen molar-refractivity contribution in [3.8, 4) is 5.75 Å². The standard InChI is InChI=1S/C11H13NO2/c1-8(5-6-13)10-4-3-9(12)7-11(10)14-2/h3-7H,12H2,1-2H3/b8-5-. The highest BCUT2D eigenvalue weighted by Crippen LogP contribution is 2.27. The minimum Gasteiger partial charge on any atom is -0.496 e. The summed E-state index contributed by atoms with van der Waals surface area (Å²) in [6.07, 6.45) is 2.25. The molecule has 0 amide bonds. The Hall–Kier alpha value is -1.77. The minimum atomic E-state index is 0.643. The van der Waals surface area contributed by atoms with Gasteiger partial charge in [-0.05, 0) is 30.7 Å². The van der Waals surface area contributed by atoms with Crippen LogP contribution in [0.15, 0.2) is 24.3 Å². The maximum absolute atomic E-state index is 10.3. The summed E-state index contributed by atoms with van der Waals surface area (Å²) in [5.74, 6) is 0.681. The molecule has 2 N–H and O–H groups in total. The Balaban J connectivity index is 3.20. The first-order valence-electron chi connectivity index (χ1n) is 4.25. The fourth-order valence-corrected chi connectivity index (χ4v) is 1.23. The second-order valence-electron chi connectivity index (χ2n) is 2.95. The van der Waals surface area contributed by atoms with E-state index in [0.717, 1.165) is 17.4 Å². The minimum absolute atomic E-state index is 0.643. The van der Waals surface area contributed by atoms with Crippen molar-refractivity contribution in [3.63, 3.8) is 0 Å². The van der Waals surface area contributed by atoms with Crippen LogP contribution in [0.25, 0.3) is 5.57 Å². The molecule has 3 heteroatoms. The highest BCUT2D eigenvalue weighted by Gasteiger charge is 2.04. The summed E-state index contributed by atoms with van der Waals surface area (Å²) in [7, 11) is 1.58. The van der Waals surface area contributed by atoms with Gasteiger partial charge in [-0.2, -0.15) is 0 Å². The lowest BCUT2D eigenvalue weighted by atomic mass is 10.1. The monoisotopic (exact) mass is 191 g/mol. The zero-order valence-corrected chi connectivity index (χ0v) is 8.28. The van der Waals surface area contributed by atoms with Crippen LogP contribution < -0.4 is 10.5 Å². The van der Waals surface area contributed by atoms with Gasteiger partial charge in [-0.3, -0.25) is 4.79 Å². The zero-order chi connectivity index (χ0) is 10.6. The highest BCUT2D eigenvalue weighted by molar-refractivity contribution is 5.83. The number of allylic oxidation sites excluding steroid dienone is 2. The fourth-order valence-electron chi connectivity index (χ4n) is 1.23. The van der Waals surface area contributed by atoms with E-state index in [4.69, 9.17) is 10.5 Å². The van der Waals surface area contributed by atoms with Gasteiger partial charge in [0.2, 0.25) is 0 Å². The summed E-state index contributed by atoms with van der Waals surface area (Å²) in [4.78, 5) is 10.3. The molecule has 0 radical (unpaired) electrons. The molecule has 74 valence electrons. The average molecular weight is 191 g/mol. The third kappa shape index (κ3) is 2.13. The van der Waals surface area contributed by atoms with Gasteiger partial charge in [0.1, 0.15) is 12.0 Å². The molecule has 0 fully saturated rings. The van der Waals surface area contributed by atoms with Gasteiger partial charge in [0.05, 0.1) is 7.11 Å². The number of benzene rings is 1. The Labute approximate surface area is 83.2 Å². The molecule has 0 heterocycles. The lowest BCUT2D eigenvalue weighted by molar-refractivity contribution is -0.104. The van der Waals surface area contributed by atoms with E-state index in [2.05, 4.69) is 0 Å². The van der Waals surface area contributed by atoms with Gasteiger partial charge in [-0.1, -0.05) is 0 Å². The van der Waals surface area contributed by atoms with Crippen LogP contribution in [0.4, 0.5) is 5.69 Å². The molecule has 1 rings (SSSR count). The van der Waals surface area contributed by atoms with Gasteiger partial charge in [0.25, 0.3) is 0 Å². The lowest BCUT2D eigenvalue weighted by Gasteiger charge is -2.08. The van der Waals surface area contributed by atoms with E-state index in [1.54, 1.807) is 19.2 Å². The van der Waals surface area contributed by atoms with Crippen molar-refractivity contribution < 1.29 is 9.53 Å². The molecule has 0 spiro atoms. The number of rotatable bonds is 3. The molecule has 0 atom stereocenters. The van der Waals surface area contributed by atoms with Crippen molar-refractivity contribution in [2.45, 2.75) is 6.92 Å². The summed E-state index contributed by atoms with van der Waals surface area (Å²) >= 11 is 0. The molecule has 1 aromatic carbocycles. The van der Waals surface area contributed by atoms with Gasteiger partial charge in [0, 0.05) is 17.3 Å². The summed E-state index contributed by atoms with van der Waals surface area (Å²) < 4.78 is 5.16. The van der Waals surface area contributed by atoms with E-state index in [1.807, 2.05) is 13.0 Å². The van der Waals surface area contributed by atoms with Gasteiger partial charge in [0.15, 0.2) is 0 Å². The van der Waals surface area contributed by atoms with Crippen molar-refractivity contribution in [1.82, 2.24) is 0 Å². The molecule has 14 heavy (non-hydrogen) atoms. The van der Waals surface area contributed by atoms with E-state index in [9.17, 15) is 4.79 Å². The van der Waals surface area contributed by atoms with E-state index < -0.39 is 0 Å².